The maximum absolute atomic E-state index is 12.3. The van der Waals surface area contributed by atoms with Gasteiger partial charge in [0.05, 0.1) is 17.9 Å². The molecule has 1 unspecified atom stereocenters. The molecule has 0 spiro atoms. The monoisotopic (exact) mass is 479 g/mol. The fourth-order valence-electron chi connectivity index (χ4n) is 4.46. The van der Waals surface area contributed by atoms with Crippen LogP contribution in [0.25, 0.3) is 22.3 Å². The summed E-state index contributed by atoms with van der Waals surface area (Å²) in [6, 6.07) is 10.8. The zero-order valence-electron chi connectivity index (χ0n) is 19.1. The molecule has 1 saturated heterocycles. The van der Waals surface area contributed by atoms with E-state index in [0.29, 0.717) is 18.0 Å². The number of aromatic amines is 1. The van der Waals surface area contributed by atoms with Gasteiger partial charge >= 0.3 is 0 Å². The van der Waals surface area contributed by atoms with Gasteiger partial charge in [0.1, 0.15) is 17.2 Å². The number of rotatable bonds is 5. The van der Waals surface area contributed by atoms with Gasteiger partial charge in [-0.3, -0.25) is 9.48 Å². The molecule has 1 atom stereocenters. The summed E-state index contributed by atoms with van der Waals surface area (Å²) in [4.78, 5) is 21.6. The number of H-pyrrole nitrogens is 1. The van der Waals surface area contributed by atoms with E-state index in [1.54, 1.807) is 17.7 Å². The minimum Gasteiger partial charge on any atom is -0.455 e. The molecule has 0 aliphatic carbocycles. The van der Waals surface area contributed by atoms with Gasteiger partial charge in [0.15, 0.2) is 14.9 Å². The van der Waals surface area contributed by atoms with Crippen molar-refractivity contribution in [1.82, 2.24) is 24.6 Å². The van der Waals surface area contributed by atoms with Crippen LogP contribution in [0, 0.1) is 0 Å². The van der Waals surface area contributed by atoms with Crippen LogP contribution in [0.2, 0.25) is 0 Å². The zero-order valence-corrected chi connectivity index (χ0v) is 20.0. The SMILES string of the molecule is CC(=O)N1CCCC1c1cc2[nH]c(-c3ccn(C)n3)cc2cc1Oc1ccc(S(C)(=O)=O)nc1. The summed E-state index contributed by atoms with van der Waals surface area (Å²) in [5.41, 5.74) is 3.52. The highest BCUT2D eigenvalue weighted by Crippen LogP contribution is 2.41. The molecule has 3 aromatic heterocycles. The molecule has 4 aromatic rings. The number of nitrogens with one attached hydrogen (secondary N) is 1. The summed E-state index contributed by atoms with van der Waals surface area (Å²) in [6.45, 7) is 2.28. The van der Waals surface area contributed by atoms with E-state index in [-0.39, 0.29) is 17.0 Å². The minimum atomic E-state index is -3.40. The van der Waals surface area contributed by atoms with Gasteiger partial charge in [0.25, 0.3) is 0 Å². The minimum absolute atomic E-state index is 0.0142. The summed E-state index contributed by atoms with van der Waals surface area (Å²) in [5.74, 6) is 1.04. The summed E-state index contributed by atoms with van der Waals surface area (Å²) in [6.07, 6.45) is 6.15. The van der Waals surface area contributed by atoms with Gasteiger partial charge in [0, 0.05) is 49.4 Å². The Morgan fingerprint density at radius 3 is 2.68 bits per heavy atom. The molecule has 1 aromatic carbocycles. The molecule has 10 heteroatoms. The van der Waals surface area contributed by atoms with Gasteiger partial charge in [-0.1, -0.05) is 0 Å². The summed E-state index contributed by atoms with van der Waals surface area (Å²) < 4.78 is 31.5. The number of sulfone groups is 1. The smallest absolute Gasteiger partial charge is 0.219 e. The van der Waals surface area contributed by atoms with E-state index in [2.05, 4.69) is 15.1 Å². The quantitative estimate of drug-likeness (QED) is 0.466. The third-order valence-corrected chi connectivity index (χ3v) is 7.08. The van der Waals surface area contributed by atoms with Crippen LogP contribution in [0.4, 0.5) is 0 Å². The summed E-state index contributed by atoms with van der Waals surface area (Å²) >= 11 is 0. The van der Waals surface area contributed by atoms with Gasteiger partial charge in [-0.05, 0) is 49.2 Å². The van der Waals surface area contributed by atoms with Crippen LogP contribution >= 0.6 is 0 Å². The first-order valence-corrected chi connectivity index (χ1v) is 12.9. The first-order valence-electron chi connectivity index (χ1n) is 11.0. The van der Waals surface area contributed by atoms with Gasteiger partial charge in [-0.15, -0.1) is 0 Å². The van der Waals surface area contributed by atoms with Crippen LogP contribution in [0.1, 0.15) is 31.4 Å². The van der Waals surface area contributed by atoms with Gasteiger partial charge in [0.2, 0.25) is 5.91 Å². The van der Waals surface area contributed by atoms with E-state index in [9.17, 15) is 13.2 Å². The molecule has 1 fully saturated rings. The average molecular weight is 480 g/mol. The van der Waals surface area contributed by atoms with Crippen LogP contribution in [-0.4, -0.2) is 51.8 Å². The number of fused-ring (bicyclic) bond motifs is 1. The Bertz CT molecular complexity index is 1490. The van der Waals surface area contributed by atoms with Gasteiger partial charge < -0.3 is 14.6 Å². The van der Waals surface area contributed by atoms with E-state index in [4.69, 9.17) is 4.74 Å². The highest BCUT2D eigenvalue weighted by Gasteiger charge is 2.31. The number of aromatic nitrogens is 4. The number of nitrogens with zero attached hydrogens (tertiary/aromatic N) is 4. The van der Waals surface area contributed by atoms with E-state index in [1.807, 2.05) is 42.4 Å². The number of carbonyl (C=O) groups excluding carboxylic acids is 1. The Morgan fingerprint density at radius 1 is 1.21 bits per heavy atom. The van der Waals surface area contributed by atoms with Crippen LogP contribution < -0.4 is 4.74 Å². The molecule has 5 rings (SSSR count). The fourth-order valence-corrected chi connectivity index (χ4v) is 5.02. The zero-order chi connectivity index (χ0) is 24.0. The number of benzene rings is 1. The van der Waals surface area contributed by atoms with Crippen molar-refractivity contribution in [3.63, 3.8) is 0 Å². The van der Waals surface area contributed by atoms with Crippen LogP contribution in [0.3, 0.4) is 0 Å². The van der Waals surface area contributed by atoms with Crippen molar-refractivity contribution in [3.05, 3.63) is 54.4 Å². The van der Waals surface area contributed by atoms with Gasteiger partial charge in [-0.25, -0.2) is 13.4 Å². The third-order valence-electron chi connectivity index (χ3n) is 6.07. The maximum Gasteiger partial charge on any atom is 0.219 e. The Balaban J connectivity index is 1.59. The van der Waals surface area contributed by atoms with E-state index >= 15 is 0 Å². The largest absolute Gasteiger partial charge is 0.455 e. The van der Waals surface area contributed by atoms with Crippen molar-refractivity contribution >= 4 is 26.6 Å². The molecule has 0 radical (unpaired) electrons. The molecule has 0 bridgehead atoms. The number of hydrogen-bond acceptors (Lipinski definition) is 6. The Morgan fingerprint density at radius 2 is 2.03 bits per heavy atom. The van der Waals surface area contributed by atoms with Crippen LogP contribution in [0.15, 0.2) is 53.8 Å². The molecule has 1 N–H and O–H groups in total. The topological polar surface area (TPSA) is 110 Å². The second kappa shape index (κ2) is 8.28. The van der Waals surface area contributed by atoms with Crippen molar-refractivity contribution in [2.24, 2.45) is 7.05 Å². The standard InChI is InChI=1S/C24H25N5O4S/c1-15(30)29-9-4-5-22(29)18-13-20-16(11-21(26-20)19-8-10-28(2)27-19)12-23(18)33-17-6-7-24(25-14-17)34(3,31)32/h6-8,10-14,22,26H,4-5,9H2,1-3H3. The molecule has 0 saturated carbocycles. The normalized spacial score (nSPS) is 16.3. The van der Waals surface area contributed by atoms with Crippen molar-refractivity contribution in [2.45, 2.75) is 30.8 Å². The lowest BCUT2D eigenvalue weighted by Crippen LogP contribution is -2.28. The molecule has 1 aliphatic heterocycles. The molecule has 34 heavy (non-hydrogen) atoms. The average Bonchev–Trinajstić information content (AvgIpc) is 3.51. The first kappa shape index (κ1) is 22.1. The molecular weight excluding hydrogens is 454 g/mol. The molecule has 1 amide bonds. The number of amides is 1. The Kier molecular flexibility index (Phi) is 5.40. The van der Waals surface area contributed by atoms with Gasteiger partial charge in [-0.2, -0.15) is 5.10 Å². The number of ether oxygens (including phenoxy) is 1. The molecule has 176 valence electrons. The highest BCUT2D eigenvalue weighted by atomic mass is 32.2. The number of carbonyl (C=O) groups is 1. The number of hydrogen-bond donors (Lipinski definition) is 1. The van der Waals surface area contributed by atoms with Crippen molar-refractivity contribution in [1.29, 1.82) is 0 Å². The number of aryl methyl sites for hydroxylation is 1. The Labute approximate surface area is 197 Å². The maximum atomic E-state index is 12.3. The highest BCUT2D eigenvalue weighted by molar-refractivity contribution is 7.90. The lowest BCUT2D eigenvalue weighted by molar-refractivity contribution is -0.129. The van der Waals surface area contributed by atoms with Crippen molar-refractivity contribution in [2.75, 3.05) is 12.8 Å². The van der Waals surface area contributed by atoms with Crippen LogP contribution in [0.5, 0.6) is 11.5 Å². The number of likely N-dealkylation sites (tertiary alicyclic amines) is 1. The summed E-state index contributed by atoms with van der Waals surface area (Å²) in [5, 5.41) is 5.40. The van der Waals surface area contributed by atoms with E-state index in [0.717, 1.165) is 47.0 Å². The molecule has 4 heterocycles. The van der Waals surface area contributed by atoms with E-state index in [1.165, 1.54) is 12.3 Å². The molecule has 1 aliphatic rings. The van der Waals surface area contributed by atoms with Crippen LogP contribution in [-0.2, 0) is 21.7 Å². The third kappa shape index (κ3) is 4.16. The molecule has 9 nitrogen and oxygen atoms in total. The Hall–Kier alpha value is -3.66. The van der Waals surface area contributed by atoms with Crippen molar-refractivity contribution in [3.8, 4) is 22.9 Å². The predicted octanol–water partition coefficient (Wildman–Crippen LogP) is 3.84. The van der Waals surface area contributed by atoms with E-state index < -0.39 is 9.84 Å². The summed E-state index contributed by atoms with van der Waals surface area (Å²) in [7, 11) is -1.53. The second-order valence-electron chi connectivity index (χ2n) is 8.61. The van der Waals surface area contributed by atoms with Crippen molar-refractivity contribution < 1.29 is 17.9 Å². The lowest BCUT2D eigenvalue weighted by Gasteiger charge is -2.25. The predicted molar refractivity (Wildman–Crippen MR) is 127 cm³/mol. The number of pyridine rings is 1. The second-order valence-corrected chi connectivity index (χ2v) is 10.6. The first-order chi connectivity index (χ1) is 16.2. The molecular formula is C24H25N5O4S. The lowest BCUT2D eigenvalue weighted by atomic mass is 10.0. The fraction of sp³-hybridized carbons (Fsp3) is 0.292.